The third-order valence-corrected chi connectivity index (χ3v) is 6.18. The standard InChI is InChI=1S/C25H48N2O4S/c1-22(25(31)32)26-20-16-17-21-27-23(28)18-14-12-10-8-6-4-2-3-5-7-9-11-13-15-19-24(29)30/h22,26H,2-21H2,1H3,(H,27,28)(H,29,30)(H,31,32)/t22-/m0/s1. The lowest BCUT2D eigenvalue weighted by Gasteiger charge is -2.09. The third-order valence-electron chi connectivity index (χ3n) is 5.79. The van der Waals surface area contributed by atoms with E-state index in [1.165, 1.54) is 64.2 Å². The third kappa shape index (κ3) is 23.6. The van der Waals surface area contributed by atoms with E-state index in [9.17, 15) is 14.4 Å². The maximum Gasteiger partial charge on any atom is 0.303 e. The van der Waals surface area contributed by atoms with Gasteiger partial charge < -0.3 is 15.7 Å². The molecule has 0 aromatic rings. The van der Waals surface area contributed by atoms with Gasteiger partial charge in [-0.25, -0.2) is 0 Å². The first-order chi connectivity index (χ1) is 15.4. The molecular weight excluding hydrogens is 424 g/mol. The second-order valence-corrected chi connectivity index (χ2v) is 9.36. The number of aliphatic carboxylic acids is 1. The Hall–Kier alpha value is -1.08. The summed E-state index contributed by atoms with van der Waals surface area (Å²) in [6, 6.07) is -0.216. The number of hydrogen-bond donors (Lipinski definition) is 4. The van der Waals surface area contributed by atoms with E-state index >= 15 is 0 Å². The molecule has 1 amide bonds. The number of hydrogen-bond acceptors (Lipinski definition) is 4. The molecule has 0 aliphatic rings. The molecular formula is C25H48N2O4S. The zero-order chi connectivity index (χ0) is 23.9. The number of nitrogens with one attached hydrogen (secondary N) is 2. The van der Waals surface area contributed by atoms with Crippen molar-refractivity contribution in [2.75, 3.05) is 13.1 Å². The van der Waals surface area contributed by atoms with Crippen LogP contribution in [0.3, 0.4) is 0 Å². The Morgan fingerprint density at radius 2 is 1.06 bits per heavy atom. The highest BCUT2D eigenvalue weighted by molar-refractivity contribution is 7.96. The lowest BCUT2D eigenvalue weighted by molar-refractivity contribution is -0.137. The largest absolute Gasteiger partial charge is 0.481 e. The lowest BCUT2D eigenvalue weighted by atomic mass is 10.0. The van der Waals surface area contributed by atoms with Gasteiger partial charge in [-0.2, -0.15) is 0 Å². The first kappa shape index (κ1) is 30.9. The summed E-state index contributed by atoms with van der Waals surface area (Å²) < 4.78 is 0. The van der Waals surface area contributed by atoms with Crippen LogP contribution in [0, 0.1) is 0 Å². The molecule has 1 atom stereocenters. The molecule has 0 saturated carbocycles. The van der Waals surface area contributed by atoms with Gasteiger partial charge in [0, 0.05) is 19.4 Å². The Labute approximate surface area is 201 Å². The van der Waals surface area contributed by atoms with Crippen molar-refractivity contribution in [3.8, 4) is 0 Å². The van der Waals surface area contributed by atoms with Crippen LogP contribution in [0.25, 0.3) is 0 Å². The highest BCUT2D eigenvalue weighted by Gasteiger charge is 2.06. The fourth-order valence-corrected chi connectivity index (χ4v) is 3.75. The van der Waals surface area contributed by atoms with Gasteiger partial charge >= 0.3 is 5.97 Å². The van der Waals surface area contributed by atoms with Gasteiger partial charge in [-0.3, -0.25) is 14.4 Å². The van der Waals surface area contributed by atoms with Crippen molar-refractivity contribution in [1.82, 2.24) is 10.6 Å². The second kappa shape index (κ2) is 23.1. The summed E-state index contributed by atoms with van der Waals surface area (Å²) in [5.41, 5.74) is 0. The minimum Gasteiger partial charge on any atom is -0.481 e. The monoisotopic (exact) mass is 472 g/mol. The first-order valence-electron chi connectivity index (χ1n) is 12.9. The summed E-state index contributed by atoms with van der Waals surface area (Å²) in [5.74, 6) is -0.527. The number of carboxylic acids is 1. The van der Waals surface area contributed by atoms with E-state index in [2.05, 4.69) is 23.3 Å². The molecule has 188 valence electrons. The van der Waals surface area contributed by atoms with Crippen molar-refractivity contribution in [1.29, 1.82) is 0 Å². The van der Waals surface area contributed by atoms with Crippen LogP contribution in [0.4, 0.5) is 0 Å². The van der Waals surface area contributed by atoms with E-state index in [4.69, 9.17) is 5.11 Å². The van der Waals surface area contributed by atoms with Crippen molar-refractivity contribution in [3.63, 3.8) is 0 Å². The van der Waals surface area contributed by atoms with Crippen LogP contribution in [-0.2, 0) is 14.4 Å². The molecule has 0 aliphatic carbocycles. The Morgan fingerprint density at radius 1 is 0.656 bits per heavy atom. The average Bonchev–Trinajstić information content (AvgIpc) is 2.75. The summed E-state index contributed by atoms with van der Waals surface area (Å²) in [5, 5.41) is 14.5. The van der Waals surface area contributed by atoms with E-state index in [0.29, 0.717) is 19.4 Å². The van der Waals surface area contributed by atoms with E-state index < -0.39 is 5.97 Å². The summed E-state index contributed by atoms with van der Waals surface area (Å²) in [7, 11) is 0. The number of amides is 1. The number of carbonyl (C=O) groups is 3. The van der Waals surface area contributed by atoms with Gasteiger partial charge in [0.2, 0.25) is 11.0 Å². The van der Waals surface area contributed by atoms with Crippen LogP contribution in [0.15, 0.2) is 0 Å². The average molecular weight is 473 g/mol. The van der Waals surface area contributed by atoms with E-state index in [1.807, 2.05) is 0 Å². The predicted octanol–water partition coefficient (Wildman–Crippen LogP) is 5.64. The molecule has 0 heterocycles. The smallest absolute Gasteiger partial charge is 0.303 e. The highest BCUT2D eigenvalue weighted by Crippen LogP contribution is 2.13. The van der Waals surface area contributed by atoms with E-state index in [-0.39, 0.29) is 17.1 Å². The fourth-order valence-electron chi connectivity index (χ4n) is 3.66. The molecule has 0 aliphatic heterocycles. The number of carboxylic acid groups (broad SMARTS) is 1. The lowest BCUT2D eigenvalue weighted by Crippen LogP contribution is -2.32. The molecule has 0 aromatic heterocycles. The van der Waals surface area contributed by atoms with Crippen molar-refractivity contribution >= 4 is 29.6 Å². The molecule has 32 heavy (non-hydrogen) atoms. The Balaban J connectivity index is 3.21. The van der Waals surface area contributed by atoms with Crippen LogP contribution < -0.4 is 10.6 Å². The molecule has 0 rings (SSSR count). The Kier molecular flexibility index (Phi) is 22.3. The van der Waals surface area contributed by atoms with Gasteiger partial charge in [-0.15, -0.1) is 12.6 Å². The van der Waals surface area contributed by atoms with Crippen molar-refractivity contribution < 1.29 is 19.5 Å². The topological polar surface area (TPSA) is 95.5 Å². The number of thiol groups is 1. The maximum absolute atomic E-state index is 11.8. The molecule has 0 saturated heterocycles. The number of rotatable bonds is 24. The molecule has 0 unspecified atom stereocenters. The van der Waals surface area contributed by atoms with Gasteiger partial charge in [0.05, 0.1) is 6.04 Å². The van der Waals surface area contributed by atoms with Crippen molar-refractivity contribution in [2.24, 2.45) is 0 Å². The maximum atomic E-state index is 11.8. The van der Waals surface area contributed by atoms with Gasteiger partial charge in [0.25, 0.3) is 0 Å². The zero-order valence-corrected chi connectivity index (χ0v) is 21.2. The Bertz CT molecular complexity index is 489. The van der Waals surface area contributed by atoms with E-state index in [1.54, 1.807) is 6.92 Å². The van der Waals surface area contributed by atoms with Crippen LogP contribution in [0.5, 0.6) is 0 Å². The number of unbranched alkanes of at least 4 members (excludes halogenated alkanes) is 14. The van der Waals surface area contributed by atoms with Gasteiger partial charge in [-0.1, -0.05) is 77.0 Å². The zero-order valence-electron chi connectivity index (χ0n) is 20.3. The summed E-state index contributed by atoms with van der Waals surface area (Å²) in [6.07, 6.45) is 19.5. The second-order valence-electron chi connectivity index (χ2n) is 8.91. The molecule has 3 N–H and O–H groups in total. The van der Waals surface area contributed by atoms with Crippen molar-refractivity contribution in [2.45, 2.75) is 129 Å². The van der Waals surface area contributed by atoms with Crippen LogP contribution in [0.1, 0.15) is 122 Å². The minimum atomic E-state index is -0.679. The van der Waals surface area contributed by atoms with E-state index in [0.717, 1.165) is 45.1 Å². The van der Waals surface area contributed by atoms with Crippen molar-refractivity contribution in [3.05, 3.63) is 0 Å². The van der Waals surface area contributed by atoms with Crippen LogP contribution >= 0.6 is 12.6 Å². The highest BCUT2D eigenvalue weighted by atomic mass is 32.1. The van der Waals surface area contributed by atoms with Gasteiger partial charge in [-0.05, 0) is 39.2 Å². The van der Waals surface area contributed by atoms with Gasteiger partial charge in [0.15, 0.2) is 0 Å². The molecule has 0 radical (unpaired) electrons. The molecule has 0 fully saturated rings. The quantitative estimate of drug-likeness (QED) is 0.108. The van der Waals surface area contributed by atoms with Gasteiger partial charge in [0.1, 0.15) is 0 Å². The molecule has 6 nitrogen and oxygen atoms in total. The fraction of sp³-hybridized carbons (Fsp3) is 0.880. The summed E-state index contributed by atoms with van der Waals surface area (Å²) in [4.78, 5) is 33.2. The summed E-state index contributed by atoms with van der Waals surface area (Å²) >= 11 is 3.79. The van der Waals surface area contributed by atoms with Crippen LogP contribution in [0.2, 0.25) is 0 Å². The normalized spacial score (nSPS) is 11.9. The molecule has 0 spiro atoms. The molecule has 0 aromatic carbocycles. The number of carbonyl (C=O) groups excluding carboxylic acids is 2. The molecule has 7 heteroatoms. The minimum absolute atomic E-state index is 0.145. The summed E-state index contributed by atoms with van der Waals surface area (Å²) in [6.45, 7) is 3.27. The first-order valence-corrected chi connectivity index (χ1v) is 13.3. The SMILES string of the molecule is C[C@H](NCCCCNC(=O)CCCCCCCCCCCCCCCCC(=O)O)C(=O)S. The van der Waals surface area contributed by atoms with Crippen LogP contribution in [-0.4, -0.2) is 41.2 Å². The Morgan fingerprint density at radius 3 is 1.50 bits per heavy atom. The molecule has 0 bridgehead atoms. The predicted molar refractivity (Wildman–Crippen MR) is 135 cm³/mol.